The summed E-state index contributed by atoms with van der Waals surface area (Å²) < 4.78 is 22.4. The van der Waals surface area contributed by atoms with Crippen LogP contribution in [-0.4, -0.2) is 32.5 Å². The maximum atomic E-state index is 13.7. The second-order valence-corrected chi connectivity index (χ2v) is 11.0. The molecule has 0 radical (unpaired) electrons. The monoisotopic (exact) mass is 520 g/mol. The fourth-order valence-electron chi connectivity index (χ4n) is 5.29. The zero-order valence-corrected chi connectivity index (χ0v) is 22.7. The summed E-state index contributed by atoms with van der Waals surface area (Å²) >= 11 is 6.24. The minimum absolute atomic E-state index is 0.0867. The average molecular weight is 521 g/mol. The van der Waals surface area contributed by atoms with Gasteiger partial charge < -0.3 is 14.2 Å². The molecular weight excluding hydrogens is 491 g/mol. The van der Waals surface area contributed by atoms with Gasteiger partial charge in [0.15, 0.2) is 11.6 Å². The van der Waals surface area contributed by atoms with Gasteiger partial charge in [0.2, 0.25) is 5.95 Å². The first-order chi connectivity index (χ1) is 17.5. The van der Waals surface area contributed by atoms with Crippen LogP contribution < -0.4 is 4.90 Å². The molecule has 3 heterocycles. The number of aryl methyl sites for hydroxylation is 1. The van der Waals surface area contributed by atoms with E-state index >= 15 is 0 Å². The number of rotatable bonds is 5. The lowest BCUT2D eigenvalue weighted by molar-refractivity contribution is -0.138. The molecule has 0 amide bonds. The van der Waals surface area contributed by atoms with Gasteiger partial charge in [-0.3, -0.25) is 4.79 Å². The molecule has 1 aliphatic rings. The summed E-state index contributed by atoms with van der Waals surface area (Å²) in [5.74, 6) is -0.163. The third-order valence-corrected chi connectivity index (χ3v) is 6.98. The molecule has 1 aliphatic heterocycles. The normalized spacial score (nSPS) is 14.3. The number of Topliss-reactive ketones (excluding diaryl/α,β-unsaturated/α-hetero) is 1. The molecule has 0 aliphatic carbocycles. The van der Waals surface area contributed by atoms with Crippen molar-refractivity contribution in [3.05, 3.63) is 70.4 Å². The van der Waals surface area contributed by atoms with Crippen molar-refractivity contribution in [3.63, 3.8) is 0 Å². The maximum absolute atomic E-state index is 13.7. The Bertz CT molecular complexity index is 1500. The lowest BCUT2D eigenvalue weighted by Crippen LogP contribution is -2.31. The topological polar surface area (TPSA) is 60.2 Å². The molecule has 2 aromatic carbocycles. The standard InChI is InChI=1S/C29H30ClFN4O2/c1-16-13-22-24(19-7-9-20(30)10-8-19)23(27(18(3)36)37-29(4,5)6)17(2)25-26(22)34(16)11-12-35(25)28-32-14-21(31)15-33-28/h7-10,13-15,27H,11-12H2,1-6H3/t27-/m1/s1. The van der Waals surface area contributed by atoms with Crippen LogP contribution >= 0.6 is 11.6 Å². The molecule has 2 aromatic heterocycles. The summed E-state index contributed by atoms with van der Waals surface area (Å²) in [7, 11) is 0. The van der Waals surface area contributed by atoms with Crippen molar-refractivity contribution < 1.29 is 13.9 Å². The average Bonchev–Trinajstić information content (AvgIpc) is 3.17. The number of benzene rings is 2. The summed E-state index contributed by atoms with van der Waals surface area (Å²) in [5, 5.41) is 1.64. The minimum atomic E-state index is -0.798. The van der Waals surface area contributed by atoms with Crippen molar-refractivity contribution in [1.82, 2.24) is 14.5 Å². The van der Waals surface area contributed by atoms with Gasteiger partial charge in [0.05, 0.1) is 29.2 Å². The first kappa shape index (κ1) is 25.4. The Morgan fingerprint density at radius 2 is 1.76 bits per heavy atom. The van der Waals surface area contributed by atoms with Crippen LogP contribution in [0.3, 0.4) is 0 Å². The Morgan fingerprint density at radius 1 is 1.11 bits per heavy atom. The van der Waals surface area contributed by atoms with Gasteiger partial charge in [-0.25, -0.2) is 14.4 Å². The number of hydrogen-bond acceptors (Lipinski definition) is 5. The molecule has 37 heavy (non-hydrogen) atoms. The van der Waals surface area contributed by atoms with E-state index in [9.17, 15) is 9.18 Å². The lowest BCUT2D eigenvalue weighted by Gasteiger charge is -2.35. The summed E-state index contributed by atoms with van der Waals surface area (Å²) in [4.78, 5) is 23.8. The van der Waals surface area contributed by atoms with Crippen LogP contribution in [0.5, 0.6) is 0 Å². The fraction of sp³-hybridized carbons (Fsp3) is 0.345. The van der Waals surface area contributed by atoms with Crippen molar-refractivity contribution in [2.75, 3.05) is 11.4 Å². The molecule has 0 unspecified atom stereocenters. The number of carbonyl (C=O) groups excluding carboxylic acids is 1. The van der Waals surface area contributed by atoms with Gasteiger partial charge >= 0.3 is 0 Å². The van der Waals surface area contributed by atoms with Crippen molar-refractivity contribution in [3.8, 4) is 11.1 Å². The summed E-state index contributed by atoms with van der Waals surface area (Å²) in [6, 6.07) is 9.84. The number of carbonyl (C=O) groups is 1. The van der Waals surface area contributed by atoms with E-state index in [1.807, 2.05) is 56.9 Å². The molecule has 6 nitrogen and oxygen atoms in total. The second-order valence-electron chi connectivity index (χ2n) is 10.5. The first-order valence-corrected chi connectivity index (χ1v) is 12.7. The summed E-state index contributed by atoms with van der Waals surface area (Å²) in [6.07, 6.45) is 1.56. The van der Waals surface area contributed by atoms with Gasteiger partial charge in [0, 0.05) is 34.8 Å². The van der Waals surface area contributed by atoms with E-state index in [4.69, 9.17) is 16.3 Å². The van der Waals surface area contributed by atoms with Gasteiger partial charge in [0.1, 0.15) is 6.10 Å². The van der Waals surface area contributed by atoms with Gasteiger partial charge in [-0.05, 0) is 76.4 Å². The Labute approximate surface area is 221 Å². The molecule has 1 atom stereocenters. The number of aromatic nitrogens is 3. The number of anilines is 2. The molecule has 5 rings (SSSR count). The Balaban J connectivity index is 1.90. The van der Waals surface area contributed by atoms with E-state index < -0.39 is 17.5 Å². The highest BCUT2D eigenvalue weighted by Crippen LogP contribution is 2.49. The van der Waals surface area contributed by atoms with Gasteiger partial charge in [0.25, 0.3) is 0 Å². The SMILES string of the molecule is CC(=O)[C@@H](OC(C)(C)C)c1c(C)c2c3c(cc(C)n3CCN2c2ncc(F)cn2)c1-c1ccc(Cl)cc1. The highest BCUT2D eigenvalue weighted by Gasteiger charge is 2.35. The van der Waals surface area contributed by atoms with E-state index in [2.05, 4.69) is 27.5 Å². The lowest BCUT2D eigenvalue weighted by atomic mass is 9.86. The molecule has 192 valence electrons. The molecule has 4 aromatic rings. The molecular formula is C29H30ClFN4O2. The van der Waals surface area contributed by atoms with Gasteiger partial charge in [-0.2, -0.15) is 0 Å². The smallest absolute Gasteiger partial charge is 0.230 e. The van der Waals surface area contributed by atoms with Crippen molar-refractivity contribution in [2.24, 2.45) is 0 Å². The number of halogens is 2. The van der Waals surface area contributed by atoms with Crippen LogP contribution in [0.4, 0.5) is 16.0 Å². The highest BCUT2D eigenvalue weighted by atomic mass is 35.5. The van der Waals surface area contributed by atoms with E-state index in [0.29, 0.717) is 17.5 Å². The Hall–Kier alpha value is -3.29. The zero-order chi connectivity index (χ0) is 26.6. The highest BCUT2D eigenvalue weighted by molar-refractivity contribution is 6.30. The zero-order valence-electron chi connectivity index (χ0n) is 21.9. The predicted octanol–water partition coefficient (Wildman–Crippen LogP) is 7.10. The predicted molar refractivity (Wildman–Crippen MR) is 145 cm³/mol. The Kier molecular flexibility index (Phi) is 6.32. The quantitative estimate of drug-likeness (QED) is 0.281. The van der Waals surface area contributed by atoms with Gasteiger partial charge in [-0.1, -0.05) is 23.7 Å². The van der Waals surface area contributed by atoms with Crippen LogP contribution in [0.25, 0.3) is 22.0 Å². The minimum Gasteiger partial charge on any atom is -0.360 e. The molecule has 0 N–H and O–H groups in total. The molecule has 0 bridgehead atoms. The van der Waals surface area contributed by atoms with Crippen molar-refractivity contribution >= 4 is 39.9 Å². The number of ketones is 1. The number of nitrogens with zero attached hydrogens (tertiary/aromatic N) is 4. The molecule has 0 spiro atoms. The van der Waals surface area contributed by atoms with E-state index in [1.54, 1.807) is 6.92 Å². The van der Waals surface area contributed by atoms with Crippen LogP contribution in [0.2, 0.25) is 5.02 Å². The molecule has 0 saturated carbocycles. The van der Waals surface area contributed by atoms with E-state index in [1.165, 1.54) is 12.4 Å². The summed E-state index contributed by atoms with van der Waals surface area (Å²) in [5.41, 5.74) is 6.07. The van der Waals surface area contributed by atoms with Crippen LogP contribution in [-0.2, 0) is 16.1 Å². The largest absolute Gasteiger partial charge is 0.360 e. The van der Waals surface area contributed by atoms with Crippen LogP contribution in [0.15, 0.2) is 42.7 Å². The number of hydrogen-bond donors (Lipinski definition) is 0. The second kappa shape index (κ2) is 9.23. The third kappa shape index (κ3) is 4.51. The van der Waals surface area contributed by atoms with Gasteiger partial charge in [-0.15, -0.1) is 0 Å². The van der Waals surface area contributed by atoms with E-state index in [-0.39, 0.29) is 5.78 Å². The first-order valence-electron chi connectivity index (χ1n) is 12.3. The number of ether oxygens (including phenoxy) is 1. The Morgan fingerprint density at radius 3 is 2.35 bits per heavy atom. The van der Waals surface area contributed by atoms with E-state index in [0.717, 1.165) is 51.1 Å². The molecule has 8 heteroatoms. The van der Waals surface area contributed by atoms with Crippen LogP contribution in [0.1, 0.15) is 50.6 Å². The molecule has 0 saturated heterocycles. The molecule has 0 fully saturated rings. The third-order valence-electron chi connectivity index (χ3n) is 6.73. The van der Waals surface area contributed by atoms with Crippen molar-refractivity contribution in [1.29, 1.82) is 0 Å². The van der Waals surface area contributed by atoms with Crippen molar-refractivity contribution in [2.45, 2.75) is 59.8 Å². The fourth-order valence-corrected chi connectivity index (χ4v) is 5.42. The summed E-state index contributed by atoms with van der Waals surface area (Å²) in [6.45, 7) is 12.8. The maximum Gasteiger partial charge on any atom is 0.230 e. The van der Waals surface area contributed by atoms with Crippen LogP contribution in [0, 0.1) is 19.7 Å².